The van der Waals surface area contributed by atoms with Gasteiger partial charge in [-0.3, -0.25) is 4.79 Å². The van der Waals surface area contributed by atoms with Gasteiger partial charge in [0.25, 0.3) is 0 Å². The van der Waals surface area contributed by atoms with Crippen LogP contribution in [0.15, 0.2) is 47.0 Å². The van der Waals surface area contributed by atoms with Crippen molar-refractivity contribution in [3.05, 3.63) is 59.7 Å². The van der Waals surface area contributed by atoms with Gasteiger partial charge in [-0.25, -0.2) is 4.39 Å². The number of nitrogens with one attached hydrogen (secondary N) is 1. The van der Waals surface area contributed by atoms with Gasteiger partial charge in [0.2, 0.25) is 17.6 Å². The van der Waals surface area contributed by atoms with Crippen LogP contribution in [-0.2, 0) is 11.2 Å². The van der Waals surface area contributed by atoms with Crippen LogP contribution in [0.4, 0.5) is 10.1 Å². The van der Waals surface area contributed by atoms with Gasteiger partial charge in [0, 0.05) is 55.8 Å². The lowest BCUT2D eigenvalue weighted by Gasteiger charge is -2.37. The van der Waals surface area contributed by atoms with E-state index >= 15 is 0 Å². The van der Waals surface area contributed by atoms with Crippen LogP contribution in [0.25, 0.3) is 11.4 Å². The van der Waals surface area contributed by atoms with Gasteiger partial charge < -0.3 is 24.4 Å². The van der Waals surface area contributed by atoms with E-state index in [9.17, 15) is 9.18 Å². The zero-order valence-corrected chi connectivity index (χ0v) is 21.2. The van der Waals surface area contributed by atoms with Crippen LogP contribution in [0.2, 0.25) is 0 Å². The van der Waals surface area contributed by atoms with Crippen molar-refractivity contribution < 1.29 is 18.4 Å². The molecule has 2 aromatic carbocycles. The van der Waals surface area contributed by atoms with Crippen molar-refractivity contribution in [1.82, 2.24) is 20.4 Å². The summed E-state index contributed by atoms with van der Waals surface area (Å²) in [5.74, 6) is 1.17. The highest BCUT2D eigenvalue weighted by Gasteiger charge is 2.22. The van der Waals surface area contributed by atoms with E-state index in [2.05, 4.69) is 32.2 Å². The van der Waals surface area contributed by atoms with Crippen molar-refractivity contribution in [2.45, 2.75) is 39.7 Å². The summed E-state index contributed by atoms with van der Waals surface area (Å²) >= 11 is 0. The first kappa shape index (κ1) is 25.6. The summed E-state index contributed by atoms with van der Waals surface area (Å²) in [5, 5.41) is 7.03. The van der Waals surface area contributed by atoms with Crippen molar-refractivity contribution in [1.29, 1.82) is 0 Å². The lowest BCUT2D eigenvalue weighted by molar-refractivity contribution is -0.121. The van der Waals surface area contributed by atoms with Gasteiger partial charge in [0.15, 0.2) is 0 Å². The normalized spacial score (nSPS) is 15.1. The molecule has 0 saturated carbocycles. The SMILES string of the molecule is CCOc1ccc(-c2noc(CCC(=O)N[C@@H](C)c3cc(F)ccc3N3CCN(CC)CC3)n2)cc1. The lowest BCUT2D eigenvalue weighted by Crippen LogP contribution is -2.46. The van der Waals surface area contributed by atoms with E-state index in [1.54, 1.807) is 0 Å². The standard InChI is InChI=1S/C27H34FN5O3/c1-4-32-14-16-33(17-15-32)24-11-8-21(28)18-23(24)19(3)29-25(34)12-13-26-30-27(31-36-26)20-6-9-22(10-7-20)35-5-2/h6-11,18-19H,4-5,12-17H2,1-3H3,(H,29,34)/t19-/m0/s1. The molecule has 8 nitrogen and oxygen atoms in total. The van der Waals surface area contributed by atoms with Crippen molar-refractivity contribution in [3.63, 3.8) is 0 Å². The minimum atomic E-state index is -0.338. The summed E-state index contributed by atoms with van der Waals surface area (Å²) in [7, 11) is 0. The van der Waals surface area contributed by atoms with Gasteiger partial charge in [-0.05, 0) is 62.9 Å². The van der Waals surface area contributed by atoms with Crippen molar-refractivity contribution >= 4 is 11.6 Å². The number of aryl methyl sites for hydroxylation is 1. The Morgan fingerprint density at radius 3 is 2.58 bits per heavy atom. The van der Waals surface area contributed by atoms with E-state index < -0.39 is 0 Å². The van der Waals surface area contributed by atoms with Crippen molar-refractivity contribution in [3.8, 4) is 17.1 Å². The van der Waals surface area contributed by atoms with Crippen LogP contribution in [-0.4, -0.2) is 60.3 Å². The Morgan fingerprint density at radius 2 is 1.89 bits per heavy atom. The second kappa shape index (κ2) is 12.0. The number of likely N-dealkylation sites (N-methyl/N-ethyl adjacent to an activating group) is 1. The molecule has 0 aliphatic carbocycles. The third-order valence-corrected chi connectivity index (χ3v) is 6.45. The molecule has 3 aromatic rings. The molecule has 1 atom stereocenters. The fourth-order valence-electron chi connectivity index (χ4n) is 4.42. The molecule has 1 amide bonds. The number of hydrogen-bond donors (Lipinski definition) is 1. The third-order valence-electron chi connectivity index (χ3n) is 6.45. The van der Waals surface area contributed by atoms with Gasteiger partial charge in [-0.2, -0.15) is 4.98 Å². The fourth-order valence-corrected chi connectivity index (χ4v) is 4.42. The van der Waals surface area contributed by atoms with Crippen LogP contribution < -0.4 is 15.0 Å². The molecule has 1 aliphatic rings. The molecule has 0 radical (unpaired) electrons. The van der Waals surface area contributed by atoms with Gasteiger partial charge in [-0.1, -0.05) is 12.1 Å². The van der Waals surface area contributed by atoms with E-state index in [0.717, 1.165) is 55.3 Å². The quantitative estimate of drug-likeness (QED) is 0.451. The Hall–Kier alpha value is -3.46. The van der Waals surface area contributed by atoms with Crippen molar-refractivity contribution in [2.24, 2.45) is 0 Å². The molecule has 36 heavy (non-hydrogen) atoms. The molecule has 4 rings (SSSR count). The molecule has 1 saturated heterocycles. The summed E-state index contributed by atoms with van der Waals surface area (Å²) in [6, 6.07) is 11.9. The number of hydrogen-bond acceptors (Lipinski definition) is 7. The number of carbonyl (C=O) groups is 1. The third kappa shape index (κ3) is 6.40. The Kier molecular flexibility index (Phi) is 8.53. The molecule has 0 bridgehead atoms. The topological polar surface area (TPSA) is 83.7 Å². The second-order valence-corrected chi connectivity index (χ2v) is 8.88. The Labute approximate surface area is 211 Å². The molecule has 9 heteroatoms. The Balaban J connectivity index is 1.34. The predicted molar refractivity (Wildman–Crippen MR) is 137 cm³/mol. The van der Waals surface area contributed by atoms with Crippen LogP contribution in [0.1, 0.15) is 44.7 Å². The second-order valence-electron chi connectivity index (χ2n) is 8.88. The van der Waals surface area contributed by atoms with Crippen LogP contribution in [0, 0.1) is 5.82 Å². The highest BCUT2D eigenvalue weighted by Crippen LogP contribution is 2.28. The zero-order valence-electron chi connectivity index (χ0n) is 21.2. The van der Waals surface area contributed by atoms with Gasteiger partial charge >= 0.3 is 0 Å². The maximum atomic E-state index is 14.1. The lowest BCUT2D eigenvalue weighted by atomic mass is 10.0. The molecule has 1 aromatic heterocycles. The average Bonchev–Trinajstić information content (AvgIpc) is 3.37. The number of amides is 1. The molecule has 2 heterocycles. The molecule has 1 fully saturated rings. The summed E-state index contributed by atoms with van der Waals surface area (Å²) in [5.41, 5.74) is 2.56. The molecule has 1 aliphatic heterocycles. The van der Waals surface area contributed by atoms with Crippen LogP contribution >= 0.6 is 0 Å². The average molecular weight is 496 g/mol. The smallest absolute Gasteiger partial charge is 0.227 e. The van der Waals surface area contributed by atoms with E-state index in [-0.39, 0.29) is 24.2 Å². The number of halogens is 1. The highest BCUT2D eigenvalue weighted by atomic mass is 19.1. The van der Waals surface area contributed by atoms with Gasteiger partial charge in [-0.15, -0.1) is 0 Å². The monoisotopic (exact) mass is 495 g/mol. The molecule has 192 valence electrons. The minimum absolute atomic E-state index is 0.158. The highest BCUT2D eigenvalue weighted by molar-refractivity contribution is 5.77. The van der Waals surface area contributed by atoms with Crippen LogP contribution in [0.5, 0.6) is 5.75 Å². The number of nitrogens with zero attached hydrogens (tertiary/aromatic N) is 4. The number of benzene rings is 2. The Morgan fingerprint density at radius 1 is 1.14 bits per heavy atom. The summed E-state index contributed by atoms with van der Waals surface area (Å²) in [4.78, 5) is 21.8. The first-order valence-corrected chi connectivity index (χ1v) is 12.6. The summed E-state index contributed by atoms with van der Waals surface area (Å²) < 4.78 is 24.9. The van der Waals surface area contributed by atoms with E-state index in [1.165, 1.54) is 12.1 Å². The number of aromatic nitrogens is 2. The van der Waals surface area contributed by atoms with E-state index in [1.807, 2.05) is 44.2 Å². The molecule has 1 N–H and O–H groups in total. The maximum absolute atomic E-state index is 14.1. The first-order chi connectivity index (χ1) is 17.5. The fraction of sp³-hybridized carbons (Fsp3) is 0.444. The maximum Gasteiger partial charge on any atom is 0.227 e. The first-order valence-electron chi connectivity index (χ1n) is 12.6. The molecule has 0 unspecified atom stereocenters. The Bertz CT molecular complexity index is 1140. The number of anilines is 1. The van der Waals surface area contributed by atoms with Gasteiger partial charge in [0.1, 0.15) is 11.6 Å². The van der Waals surface area contributed by atoms with E-state index in [4.69, 9.17) is 9.26 Å². The van der Waals surface area contributed by atoms with Gasteiger partial charge in [0.05, 0.1) is 12.6 Å². The predicted octanol–water partition coefficient (Wildman–Crippen LogP) is 4.23. The minimum Gasteiger partial charge on any atom is -0.494 e. The zero-order chi connectivity index (χ0) is 25.5. The molecular weight excluding hydrogens is 461 g/mol. The van der Waals surface area contributed by atoms with Crippen molar-refractivity contribution in [2.75, 3.05) is 44.2 Å². The number of carbonyl (C=O) groups excluding carboxylic acids is 1. The summed E-state index contributed by atoms with van der Waals surface area (Å²) in [6.45, 7) is 11.3. The summed E-state index contributed by atoms with van der Waals surface area (Å²) in [6.07, 6.45) is 0.507. The van der Waals surface area contributed by atoms with Crippen LogP contribution in [0.3, 0.4) is 0 Å². The number of piperazine rings is 1. The number of rotatable bonds is 10. The number of ether oxygens (including phenoxy) is 1. The largest absolute Gasteiger partial charge is 0.494 e. The molecule has 0 spiro atoms. The molecular formula is C27H34FN5O3. The van der Waals surface area contributed by atoms with E-state index in [0.29, 0.717) is 24.7 Å².